The number of rotatable bonds is 4. The fourth-order valence-electron chi connectivity index (χ4n) is 4.18. The Morgan fingerprint density at radius 1 is 1.30 bits per heavy atom. The van der Waals surface area contributed by atoms with Crippen molar-refractivity contribution in [2.45, 2.75) is 63.0 Å². The molecule has 7 heteroatoms. The number of aliphatic hydroxyl groups is 1. The fourth-order valence-corrected chi connectivity index (χ4v) is 6.01. The Balaban J connectivity index is 2.00. The second-order valence-electron chi connectivity index (χ2n) is 8.56. The SMILES string of the molecule is CNC[C@H]1Oc2cc(C#CC3CCCCC3)ccc2S(=O)(=O)N([C@H](C)CO)C[C@@H]1C. The predicted octanol–water partition coefficient (Wildman–Crippen LogP) is 2.61. The lowest BCUT2D eigenvalue weighted by Gasteiger charge is -2.36. The quantitative estimate of drug-likeness (QED) is 0.712. The van der Waals surface area contributed by atoms with E-state index in [9.17, 15) is 13.5 Å². The van der Waals surface area contributed by atoms with Gasteiger partial charge in [-0.3, -0.25) is 0 Å². The van der Waals surface area contributed by atoms with Gasteiger partial charge in [0.2, 0.25) is 10.0 Å². The zero-order valence-electron chi connectivity index (χ0n) is 18.2. The van der Waals surface area contributed by atoms with E-state index >= 15 is 0 Å². The average molecular weight is 435 g/mol. The molecule has 6 nitrogen and oxygen atoms in total. The van der Waals surface area contributed by atoms with Crippen molar-refractivity contribution in [1.82, 2.24) is 9.62 Å². The molecule has 166 valence electrons. The summed E-state index contributed by atoms with van der Waals surface area (Å²) in [6, 6.07) is 4.60. The molecule has 0 bridgehead atoms. The van der Waals surface area contributed by atoms with Crippen LogP contribution in [-0.2, 0) is 10.0 Å². The summed E-state index contributed by atoms with van der Waals surface area (Å²) in [5.74, 6) is 7.31. The van der Waals surface area contributed by atoms with Gasteiger partial charge in [-0.1, -0.05) is 38.0 Å². The number of hydrogen-bond donors (Lipinski definition) is 2. The maximum absolute atomic E-state index is 13.4. The molecule has 0 saturated heterocycles. The molecule has 0 amide bonds. The summed E-state index contributed by atoms with van der Waals surface area (Å²) in [7, 11) is -1.94. The third kappa shape index (κ3) is 5.17. The number of nitrogens with zero attached hydrogens (tertiary/aromatic N) is 1. The number of nitrogens with one attached hydrogen (secondary N) is 1. The average Bonchev–Trinajstić information content (AvgIpc) is 2.75. The molecule has 2 aliphatic rings. The number of sulfonamides is 1. The van der Waals surface area contributed by atoms with E-state index in [1.165, 1.54) is 23.6 Å². The summed E-state index contributed by atoms with van der Waals surface area (Å²) in [5.41, 5.74) is 0.771. The van der Waals surface area contributed by atoms with E-state index in [4.69, 9.17) is 4.74 Å². The molecule has 1 aromatic rings. The first-order valence-electron chi connectivity index (χ1n) is 11.0. The molecule has 2 N–H and O–H groups in total. The number of hydrogen-bond acceptors (Lipinski definition) is 5. The first kappa shape index (κ1) is 23.1. The molecule has 0 unspecified atom stereocenters. The standard InChI is InChI=1S/C23H34N2O4S/c1-17-15-25(18(2)16-26)30(27,28)23-12-11-20(10-9-19-7-5-4-6-8-19)13-21(23)29-22(17)14-24-3/h11-13,17-19,22,24,26H,4-8,14-16H2,1-3H3/t17-,18+,22+/m0/s1. The van der Waals surface area contributed by atoms with Crippen molar-refractivity contribution in [3.05, 3.63) is 23.8 Å². The summed E-state index contributed by atoms with van der Waals surface area (Å²) >= 11 is 0. The highest BCUT2D eigenvalue weighted by Crippen LogP contribution is 2.34. The second kappa shape index (κ2) is 10.1. The van der Waals surface area contributed by atoms with Crippen molar-refractivity contribution in [3.8, 4) is 17.6 Å². The van der Waals surface area contributed by atoms with E-state index in [-0.39, 0.29) is 23.5 Å². The summed E-state index contributed by atoms with van der Waals surface area (Å²) in [6.07, 6.45) is 5.83. The first-order valence-corrected chi connectivity index (χ1v) is 12.4. The number of benzene rings is 1. The Bertz CT molecular complexity index is 884. The summed E-state index contributed by atoms with van der Waals surface area (Å²) in [6.45, 7) is 4.36. The zero-order valence-corrected chi connectivity index (χ0v) is 19.0. The highest BCUT2D eigenvalue weighted by Gasteiger charge is 2.37. The zero-order chi connectivity index (χ0) is 21.7. The Morgan fingerprint density at radius 2 is 2.03 bits per heavy atom. The lowest BCUT2D eigenvalue weighted by atomic mass is 9.90. The number of ether oxygens (including phenoxy) is 1. The number of fused-ring (bicyclic) bond motifs is 1. The molecule has 30 heavy (non-hydrogen) atoms. The van der Waals surface area contributed by atoms with Gasteiger partial charge in [-0.2, -0.15) is 4.31 Å². The molecular formula is C23H34N2O4S. The molecule has 1 fully saturated rings. The Morgan fingerprint density at radius 3 is 2.70 bits per heavy atom. The largest absolute Gasteiger partial charge is 0.487 e. The summed E-state index contributed by atoms with van der Waals surface area (Å²) in [5, 5.41) is 12.8. The van der Waals surface area contributed by atoms with Gasteiger partial charge in [-0.15, -0.1) is 0 Å². The minimum Gasteiger partial charge on any atom is -0.487 e. The lowest BCUT2D eigenvalue weighted by Crippen LogP contribution is -2.49. The van der Waals surface area contributed by atoms with Crippen LogP contribution in [0.15, 0.2) is 23.1 Å². The van der Waals surface area contributed by atoms with Crippen LogP contribution >= 0.6 is 0 Å². The minimum absolute atomic E-state index is 0.0497. The molecule has 0 radical (unpaired) electrons. The summed E-state index contributed by atoms with van der Waals surface area (Å²) in [4.78, 5) is 0.138. The molecule has 3 rings (SSSR count). The predicted molar refractivity (Wildman–Crippen MR) is 118 cm³/mol. The maximum atomic E-state index is 13.4. The molecule has 1 saturated carbocycles. The van der Waals surface area contributed by atoms with Crippen LogP contribution < -0.4 is 10.1 Å². The summed E-state index contributed by atoms with van der Waals surface area (Å²) < 4.78 is 34.4. The van der Waals surface area contributed by atoms with Crippen LogP contribution in [0.25, 0.3) is 0 Å². The van der Waals surface area contributed by atoms with Gasteiger partial charge in [0.05, 0.1) is 6.61 Å². The smallest absolute Gasteiger partial charge is 0.247 e. The number of aliphatic hydroxyl groups excluding tert-OH is 1. The first-order chi connectivity index (χ1) is 14.4. The van der Waals surface area contributed by atoms with Gasteiger partial charge in [0.25, 0.3) is 0 Å². The lowest BCUT2D eigenvalue weighted by molar-refractivity contribution is 0.103. The van der Waals surface area contributed by atoms with E-state index in [0.29, 0.717) is 24.8 Å². The highest BCUT2D eigenvalue weighted by molar-refractivity contribution is 7.89. The number of likely N-dealkylation sites (N-methyl/N-ethyl adjacent to an activating group) is 1. The van der Waals surface area contributed by atoms with Gasteiger partial charge in [-0.25, -0.2) is 8.42 Å². The third-order valence-electron chi connectivity index (χ3n) is 6.10. The van der Waals surface area contributed by atoms with Gasteiger partial charge < -0.3 is 15.2 Å². The Hall–Kier alpha value is -1.59. The van der Waals surface area contributed by atoms with E-state index in [1.807, 2.05) is 14.0 Å². The molecule has 1 aliphatic heterocycles. The van der Waals surface area contributed by atoms with Crippen LogP contribution in [0, 0.1) is 23.7 Å². The van der Waals surface area contributed by atoms with Crippen molar-refractivity contribution in [2.24, 2.45) is 11.8 Å². The molecule has 1 aliphatic carbocycles. The normalized spacial score (nSPS) is 25.7. The fraction of sp³-hybridized carbons (Fsp3) is 0.652. The van der Waals surface area contributed by atoms with Gasteiger partial charge >= 0.3 is 0 Å². The van der Waals surface area contributed by atoms with Gasteiger partial charge in [0.15, 0.2) is 0 Å². The van der Waals surface area contributed by atoms with Crippen LogP contribution in [0.4, 0.5) is 0 Å². The van der Waals surface area contributed by atoms with Gasteiger partial charge in [0, 0.05) is 36.5 Å². The van der Waals surface area contributed by atoms with Gasteiger partial charge in [-0.05, 0) is 45.0 Å². The Labute approximate surface area is 181 Å². The van der Waals surface area contributed by atoms with Crippen molar-refractivity contribution in [2.75, 3.05) is 26.7 Å². The van der Waals surface area contributed by atoms with E-state index in [1.54, 1.807) is 25.1 Å². The van der Waals surface area contributed by atoms with Crippen LogP contribution in [0.1, 0.15) is 51.5 Å². The molecule has 1 heterocycles. The van der Waals surface area contributed by atoms with Crippen molar-refractivity contribution < 1.29 is 18.3 Å². The van der Waals surface area contributed by atoms with Crippen LogP contribution in [0.3, 0.4) is 0 Å². The van der Waals surface area contributed by atoms with Crippen molar-refractivity contribution in [1.29, 1.82) is 0 Å². The minimum atomic E-state index is -3.80. The second-order valence-corrected chi connectivity index (χ2v) is 10.4. The molecule has 0 spiro atoms. The monoisotopic (exact) mass is 434 g/mol. The van der Waals surface area contributed by atoms with Crippen molar-refractivity contribution >= 4 is 10.0 Å². The van der Waals surface area contributed by atoms with E-state index < -0.39 is 16.1 Å². The molecule has 0 aromatic heterocycles. The molecule has 1 aromatic carbocycles. The highest BCUT2D eigenvalue weighted by atomic mass is 32.2. The van der Waals surface area contributed by atoms with E-state index in [2.05, 4.69) is 17.2 Å². The maximum Gasteiger partial charge on any atom is 0.247 e. The van der Waals surface area contributed by atoms with Gasteiger partial charge in [0.1, 0.15) is 16.7 Å². The molecular weight excluding hydrogens is 400 g/mol. The van der Waals surface area contributed by atoms with Crippen LogP contribution in [-0.4, -0.2) is 56.7 Å². The van der Waals surface area contributed by atoms with Crippen LogP contribution in [0.5, 0.6) is 5.75 Å². The third-order valence-corrected chi connectivity index (χ3v) is 8.12. The van der Waals surface area contributed by atoms with E-state index in [0.717, 1.165) is 18.4 Å². The van der Waals surface area contributed by atoms with Crippen molar-refractivity contribution in [3.63, 3.8) is 0 Å². The topological polar surface area (TPSA) is 78.9 Å². The Kier molecular flexibility index (Phi) is 7.81. The van der Waals surface area contributed by atoms with Crippen LogP contribution in [0.2, 0.25) is 0 Å². The molecule has 3 atom stereocenters.